The molecule has 0 amide bonds. The van der Waals surface area contributed by atoms with Crippen molar-refractivity contribution in [1.82, 2.24) is 5.32 Å². The van der Waals surface area contributed by atoms with Crippen LogP contribution in [0.2, 0.25) is 0 Å². The van der Waals surface area contributed by atoms with Gasteiger partial charge in [-0.2, -0.15) is 0 Å². The zero-order valence-corrected chi connectivity index (χ0v) is 14.2. The summed E-state index contributed by atoms with van der Waals surface area (Å²) in [5, 5.41) is 3.29. The number of ether oxygens (including phenoxy) is 3. The van der Waals surface area contributed by atoms with Crippen LogP contribution in [0.1, 0.15) is 31.7 Å². The molecule has 23 heavy (non-hydrogen) atoms. The van der Waals surface area contributed by atoms with Crippen LogP contribution in [-0.4, -0.2) is 51.4 Å². The Bertz CT molecular complexity index is 488. The summed E-state index contributed by atoms with van der Waals surface area (Å²) in [7, 11) is 1.67. The zero-order chi connectivity index (χ0) is 16.7. The van der Waals surface area contributed by atoms with Crippen LogP contribution in [0.3, 0.4) is 0 Å². The van der Waals surface area contributed by atoms with Crippen LogP contribution in [0.15, 0.2) is 24.3 Å². The van der Waals surface area contributed by atoms with E-state index in [1.54, 1.807) is 14.0 Å². The molecule has 0 aliphatic carbocycles. The second-order valence-electron chi connectivity index (χ2n) is 6.09. The van der Waals surface area contributed by atoms with Gasteiger partial charge in [-0.05, 0) is 30.5 Å². The number of nitrogens with one attached hydrogen (secondary N) is 1. The molecule has 1 fully saturated rings. The van der Waals surface area contributed by atoms with E-state index in [-0.39, 0.29) is 23.9 Å². The number of Topliss-reactive ketones (excluding diaryl/α,β-unsaturated/α-hetero) is 1. The number of benzene rings is 1. The van der Waals surface area contributed by atoms with Crippen LogP contribution in [0.4, 0.5) is 0 Å². The highest BCUT2D eigenvalue weighted by molar-refractivity contribution is 5.76. The maximum absolute atomic E-state index is 11.2. The summed E-state index contributed by atoms with van der Waals surface area (Å²) >= 11 is 0. The minimum absolute atomic E-state index is 0.00680. The van der Waals surface area contributed by atoms with Gasteiger partial charge in [-0.25, -0.2) is 0 Å². The van der Waals surface area contributed by atoms with Crippen LogP contribution >= 0.6 is 0 Å². The highest BCUT2D eigenvalue weighted by Gasteiger charge is 2.29. The summed E-state index contributed by atoms with van der Waals surface area (Å²) in [4.78, 5) is 11.2. The summed E-state index contributed by atoms with van der Waals surface area (Å²) in [6.45, 7) is 6.43. The number of hydrogen-bond acceptors (Lipinski definition) is 5. The molecule has 1 aliphatic heterocycles. The first kappa shape index (κ1) is 17.9. The standard InChI is InChI=1S/C18H27NO4/c1-13(10-14(2)20)15-4-6-16(7-5-15)23-18-12-19-11-17(18)22-9-8-21-3/h4-7,13,17-19H,8-12H2,1-3H3/t13-,17+,18?/m1/s1. The number of carbonyl (C=O) groups is 1. The molecular formula is C18H27NO4. The van der Waals surface area contributed by atoms with Gasteiger partial charge in [-0.15, -0.1) is 0 Å². The van der Waals surface area contributed by atoms with Crippen molar-refractivity contribution in [3.63, 3.8) is 0 Å². The SMILES string of the molecule is COCCO[C@H]1CNCC1Oc1ccc([C@H](C)CC(C)=O)cc1. The normalized spacial score (nSPS) is 22.0. The summed E-state index contributed by atoms with van der Waals surface area (Å²) in [6.07, 6.45) is 0.621. The van der Waals surface area contributed by atoms with E-state index in [0.717, 1.165) is 24.4 Å². The molecule has 5 heteroatoms. The lowest BCUT2D eigenvalue weighted by atomic mass is 9.96. The van der Waals surface area contributed by atoms with E-state index in [1.165, 1.54) is 0 Å². The fourth-order valence-corrected chi connectivity index (χ4v) is 2.80. The van der Waals surface area contributed by atoms with Gasteiger partial charge in [0.05, 0.1) is 13.2 Å². The molecule has 128 valence electrons. The minimum atomic E-state index is 0.00680. The molecule has 2 rings (SSSR count). The van der Waals surface area contributed by atoms with E-state index in [9.17, 15) is 4.79 Å². The smallest absolute Gasteiger partial charge is 0.138 e. The van der Waals surface area contributed by atoms with E-state index < -0.39 is 0 Å². The van der Waals surface area contributed by atoms with E-state index in [1.807, 2.05) is 24.3 Å². The maximum atomic E-state index is 11.2. The van der Waals surface area contributed by atoms with Crippen molar-refractivity contribution in [2.24, 2.45) is 0 Å². The van der Waals surface area contributed by atoms with Crippen molar-refractivity contribution in [2.75, 3.05) is 33.4 Å². The lowest BCUT2D eigenvalue weighted by molar-refractivity contribution is -0.117. The molecule has 1 N–H and O–H groups in total. The molecule has 1 heterocycles. The van der Waals surface area contributed by atoms with Gasteiger partial charge in [0.25, 0.3) is 0 Å². The van der Waals surface area contributed by atoms with Crippen molar-refractivity contribution in [3.8, 4) is 5.75 Å². The Balaban J connectivity index is 1.88. The Hall–Kier alpha value is -1.43. The van der Waals surface area contributed by atoms with Gasteiger partial charge in [0.2, 0.25) is 0 Å². The van der Waals surface area contributed by atoms with Crippen LogP contribution in [0.25, 0.3) is 0 Å². The highest BCUT2D eigenvalue weighted by Crippen LogP contribution is 2.23. The second kappa shape index (κ2) is 9.01. The summed E-state index contributed by atoms with van der Waals surface area (Å²) in [5.74, 6) is 1.28. The van der Waals surface area contributed by atoms with Gasteiger partial charge in [-0.3, -0.25) is 0 Å². The number of methoxy groups -OCH3 is 1. The average Bonchev–Trinajstić information content (AvgIpc) is 2.95. The van der Waals surface area contributed by atoms with Crippen molar-refractivity contribution in [2.45, 2.75) is 38.4 Å². The Morgan fingerprint density at radius 3 is 2.57 bits per heavy atom. The number of carbonyl (C=O) groups excluding carboxylic acids is 1. The van der Waals surface area contributed by atoms with Crippen LogP contribution in [0, 0.1) is 0 Å². The molecule has 1 saturated heterocycles. The fourth-order valence-electron chi connectivity index (χ4n) is 2.80. The largest absolute Gasteiger partial charge is 0.486 e. The zero-order valence-electron chi connectivity index (χ0n) is 14.2. The third-order valence-corrected chi connectivity index (χ3v) is 4.06. The van der Waals surface area contributed by atoms with Gasteiger partial charge in [0.1, 0.15) is 23.7 Å². The Morgan fingerprint density at radius 2 is 1.91 bits per heavy atom. The van der Waals surface area contributed by atoms with Crippen molar-refractivity contribution >= 4 is 5.78 Å². The Morgan fingerprint density at radius 1 is 1.22 bits per heavy atom. The molecule has 5 nitrogen and oxygen atoms in total. The average molecular weight is 321 g/mol. The number of hydrogen-bond donors (Lipinski definition) is 1. The monoisotopic (exact) mass is 321 g/mol. The van der Waals surface area contributed by atoms with E-state index in [0.29, 0.717) is 19.6 Å². The van der Waals surface area contributed by atoms with Crippen LogP contribution in [-0.2, 0) is 14.3 Å². The molecule has 0 radical (unpaired) electrons. The molecule has 3 atom stereocenters. The minimum Gasteiger partial charge on any atom is -0.486 e. The predicted octanol–water partition coefficient (Wildman–Crippen LogP) is 2.15. The molecule has 0 bridgehead atoms. The third kappa shape index (κ3) is 5.61. The number of rotatable bonds is 9. The molecule has 1 aromatic rings. The Kier molecular flexibility index (Phi) is 7.02. The van der Waals surface area contributed by atoms with Crippen molar-refractivity contribution < 1.29 is 19.0 Å². The van der Waals surface area contributed by atoms with Gasteiger partial charge in [-0.1, -0.05) is 19.1 Å². The quantitative estimate of drug-likeness (QED) is 0.706. The number of ketones is 1. The van der Waals surface area contributed by atoms with Crippen LogP contribution in [0.5, 0.6) is 5.75 Å². The topological polar surface area (TPSA) is 56.8 Å². The van der Waals surface area contributed by atoms with Gasteiger partial charge in [0.15, 0.2) is 0 Å². The lowest BCUT2D eigenvalue weighted by Crippen LogP contribution is -2.33. The summed E-state index contributed by atoms with van der Waals surface area (Å²) in [5.41, 5.74) is 1.16. The summed E-state index contributed by atoms with van der Waals surface area (Å²) in [6, 6.07) is 8.01. The first-order valence-electron chi connectivity index (χ1n) is 8.17. The molecule has 0 spiro atoms. The molecule has 1 unspecified atom stereocenters. The maximum Gasteiger partial charge on any atom is 0.138 e. The summed E-state index contributed by atoms with van der Waals surface area (Å²) < 4.78 is 16.8. The lowest BCUT2D eigenvalue weighted by Gasteiger charge is -2.21. The van der Waals surface area contributed by atoms with E-state index in [4.69, 9.17) is 14.2 Å². The molecule has 1 aliphatic rings. The third-order valence-electron chi connectivity index (χ3n) is 4.06. The van der Waals surface area contributed by atoms with Gasteiger partial charge in [0, 0.05) is 26.6 Å². The second-order valence-corrected chi connectivity index (χ2v) is 6.09. The van der Waals surface area contributed by atoms with E-state index in [2.05, 4.69) is 12.2 Å². The van der Waals surface area contributed by atoms with Gasteiger partial charge < -0.3 is 24.3 Å². The van der Waals surface area contributed by atoms with Gasteiger partial charge >= 0.3 is 0 Å². The molecule has 0 aromatic heterocycles. The Labute approximate surface area is 138 Å². The first-order chi connectivity index (χ1) is 11.1. The van der Waals surface area contributed by atoms with Crippen molar-refractivity contribution in [3.05, 3.63) is 29.8 Å². The van der Waals surface area contributed by atoms with Crippen molar-refractivity contribution in [1.29, 1.82) is 0 Å². The molecule has 0 saturated carbocycles. The predicted molar refractivity (Wildman–Crippen MR) is 89.1 cm³/mol. The molecule has 1 aromatic carbocycles. The molecular weight excluding hydrogens is 294 g/mol. The fraction of sp³-hybridized carbons (Fsp3) is 0.611. The first-order valence-corrected chi connectivity index (χ1v) is 8.17. The van der Waals surface area contributed by atoms with E-state index >= 15 is 0 Å². The van der Waals surface area contributed by atoms with Crippen LogP contribution < -0.4 is 10.1 Å². The highest BCUT2D eigenvalue weighted by atomic mass is 16.6.